The lowest BCUT2D eigenvalue weighted by molar-refractivity contribution is 0.246. The number of benzene rings is 1. The average Bonchev–Trinajstić information content (AvgIpc) is 3.50. The Morgan fingerprint density at radius 1 is 1.29 bits per heavy atom. The summed E-state index contributed by atoms with van der Waals surface area (Å²) < 4.78 is 8.00. The highest BCUT2D eigenvalue weighted by atomic mass is 16.5. The number of amides is 2. The first-order valence-corrected chi connectivity index (χ1v) is 10.4. The Kier molecular flexibility index (Phi) is 5.29. The molecule has 1 aliphatic heterocycles. The number of fused-ring (bicyclic) bond motifs is 1. The largest absolute Gasteiger partial charge is 0.492 e. The van der Waals surface area contributed by atoms with Crippen molar-refractivity contribution in [2.75, 3.05) is 37.5 Å². The third kappa shape index (κ3) is 3.58. The Hall–Kier alpha value is -3.21. The summed E-state index contributed by atoms with van der Waals surface area (Å²) in [5.74, 6) is 6.61. The normalized spacial score (nSPS) is 22.0. The number of carbonyl (C=O) groups excluding carboxylic acids is 1. The predicted octanol–water partition coefficient (Wildman–Crippen LogP) is -0.712. The highest BCUT2D eigenvalue weighted by molar-refractivity contribution is 5.91. The SMILES string of the molecule is COc1c(N2C[C@H]([C@@H](N)CNC(N)=O)[C@H](C)C2)ccc2c(=O)n(N)c(=O)n(C3CC3)c12. The van der Waals surface area contributed by atoms with Gasteiger partial charge in [0.2, 0.25) is 0 Å². The van der Waals surface area contributed by atoms with Crippen LogP contribution in [0.25, 0.3) is 10.9 Å². The molecule has 7 N–H and O–H groups in total. The van der Waals surface area contributed by atoms with Crippen LogP contribution < -0.4 is 43.5 Å². The summed E-state index contributed by atoms with van der Waals surface area (Å²) in [5, 5.41) is 2.92. The van der Waals surface area contributed by atoms with Crippen LogP contribution in [-0.2, 0) is 0 Å². The van der Waals surface area contributed by atoms with Crippen LogP contribution in [0.5, 0.6) is 5.75 Å². The summed E-state index contributed by atoms with van der Waals surface area (Å²) in [6, 6.07) is 2.68. The second kappa shape index (κ2) is 7.80. The van der Waals surface area contributed by atoms with Crippen molar-refractivity contribution in [2.45, 2.75) is 31.8 Å². The number of methoxy groups -OCH3 is 1. The molecule has 0 unspecified atom stereocenters. The predicted molar refractivity (Wildman–Crippen MR) is 118 cm³/mol. The first kappa shape index (κ1) is 21.0. The molecule has 1 aromatic heterocycles. The molecule has 11 nitrogen and oxygen atoms in total. The number of hydrogen-bond donors (Lipinski definition) is 4. The molecule has 1 saturated carbocycles. The Labute approximate surface area is 178 Å². The molecular weight excluding hydrogens is 402 g/mol. The minimum Gasteiger partial charge on any atom is -0.492 e. The van der Waals surface area contributed by atoms with Gasteiger partial charge in [0, 0.05) is 31.7 Å². The molecule has 3 atom stereocenters. The Morgan fingerprint density at radius 3 is 2.61 bits per heavy atom. The fraction of sp³-hybridized carbons (Fsp3) is 0.550. The van der Waals surface area contributed by atoms with E-state index in [4.69, 9.17) is 22.0 Å². The number of hydrogen-bond acceptors (Lipinski definition) is 7. The number of nitrogens with one attached hydrogen (secondary N) is 1. The number of nitrogen functional groups attached to an aromatic ring is 1. The molecule has 31 heavy (non-hydrogen) atoms. The van der Waals surface area contributed by atoms with Crippen LogP contribution in [0.15, 0.2) is 21.7 Å². The lowest BCUT2D eigenvalue weighted by Crippen LogP contribution is -2.45. The Bertz CT molecular complexity index is 1140. The van der Waals surface area contributed by atoms with Crippen LogP contribution in [0.3, 0.4) is 0 Å². The number of rotatable bonds is 6. The lowest BCUT2D eigenvalue weighted by atomic mass is 9.91. The number of anilines is 1. The molecule has 4 rings (SSSR count). The monoisotopic (exact) mass is 431 g/mol. The second-order valence-corrected chi connectivity index (χ2v) is 8.53. The van der Waals surface area contributed by atoms with Crippen molar-refractivity contribution in [2.24, 2.45) is 23.3 Å². The summed E-state index contributed by atoms with van der Waals surface area (Å²) in [6.45, 7) is 3.77. The fourth-order valence-electron chi connectivity index (χ4n) is 4.64. The molecule has 168 valence electrons. The van der Waals surface area contributed by atoms with Crippen molar-refractivity contribution in [3.8, 4) is 5.75 Å². The van der Waals surface area contributed by atoms with Crippen LogP contribution in [0.1, 0.15) is 25.8 Å². The summed E-state index contributed by atoms with van der Waals surface area (Å²) in [5.41, 5.74) is 11.7. The summed E-state index contributed by atoms with van der Waals surface area (Å²) in [4.78, 5) is 38.6. The quantitative estimate of drug-likeness (QED) is 0.439. The van der Waals surface area contributed by atoms with E-state index in [1.807, 2.05) is 6.07 Å². The van der Waals surface area contributed by atoms with Gasteiger partial charge in [0.1, 0.15) is 5.52 Å². The Morgan fingerprint density at radius 2 is 2.00 bits per heavy atom. The number of ether oxygens (including phenoxy) is 1. The van der Waals surface area contributed by atoms with E-state index in [2.05, 4.69) is 17.1 Å². The molecule has 2 fully saturated rings. The van der Waals surface area contributed by atoms with Gasteiger partial charge in [-0.25, -0.2) is 9.59 Å². The average molecular weight is 431 g/mol. The van der Waals surface area contributed by atoms with E-state index in [1.165, 1.54) is 7.11 Å². The van der Waals surface area contributed by atoms with Crippen molar-refractivity contribution < 1.29 is 9.53 Å². The maximum absolute atomic E-state index is 12.8. The fourth-order valence-corrected chi connectivity index (χ4v) is 4.64. The van der Waals surface area contributed by atoms with Crippen LogP contribution in [0.4, 0.5) is 10.5 Å². The number of nitrogens with two attached hydrogens (primary N) is 3. The molecule has 2 aromatic rings. The third-order valence-electron chi connectivity index (χ3n) is 6.40. The van der Waals surface area contributed by atoms with E-state index in [0.29, 0.717) is 34.4 Å². The summed E-state index contributed by atoms with van der Waals surface area (Å²) in [7, 11) is 1.54. The molecular formula is C20H29N7O4. The van der Waals surface area contributed by atoms with Crippen molar-refractivity contribution in [3.05, 3.63) is 33.0 Å². The van der Waals surface area contributed by atoms with Gasteiger partial charge in [0.25, 0.3) is 5.56 Å². The minimum absolute atomic E-state index is 0.00750. The number of primary amides is 1. The highest BCUT2D eigenvalue weighted by Gasteiger charge is 2.36. The molecule has 11 heteroatoms. The molecule has 1 aromatic carbocycles. The van der Waals surface area contributed by atoms with Crippen molar-refractivity contribution in [3.63, 3.8) is 0 Å². The molecule has 0 radical (unpaired) electrons. The molecule has 2 aliphatic rings. The minimum atomic E-state index is -0.599. The maximum atomic E-state index is 12.8. The van der Waals surface area contributed by atoms with Gasteiger partial charge >= 0.3 is 11.7 Å². The van der Waals surface area contributed by atoms with E-state index in [9.17, 15) is 14.4 Å². The molecule has 1 aliphatic carbocycles. The van der Waals surface area contributed by atoms with Gasteiger partial charge in [0.05, 0.1) is 18.2 Å². The zero-order valence-corrected chi connectivity index (χ0v) is 17.7. The molecule has 1 saturated heterocycles. The lowest BCUT2D eigenvalue weighted by Gasteiger charge is -2.25. The first-order valence-electron chi connectivity index (χ1n) is 10.4. The molecule has 0 spiro atoms. The summed E-state index contributed by atoms with van der Waals surface area (Å²) >= 11 is 0. The number of carbonyl (C=O) groups is 1. The van der Waals surface area contributed by atoms with Gasteiger partial charge in [-0.1, -0.05) is 6.92 Å². The smallest absolute Gasteiger partial charge is 0.350 e. The van der Waals surface area contributed by atoms with E-state index in [1.54, 1.807) is 10.6 Å². The van der Waals surface area contributed by atoms with Crippen LogP contribution in [0, 0.1) is 11.8 Å². The van der Waals surface area contributed by atoms with Crippen LogP contribution in [0.2, 0.25) is 0 Å². The van der Waals surface area contributed by atoms with Crippen LogP contribution in [-0.4, -0.2) is 48.1 Å². The maximum Gasteiger partial charge on any atom is 0.350 e. The highest BCUT2D eigenvalue weighted by Crippen LogP contribution is 2.42. The van der Waals surface area contributed by atoms with E-state index in [0.717, 1.165) is 25.1 Å². The number of urea groups is 1. The topological polar surface area (TPSA) is 164 Å². The standard InChI is InChI=1S/C20H29N7O4/c1-10-8-25(9-13(10)14(21)7-24-19(22)29)15-6-5-12-16(17(15)31-2)26(11-3-4-11)20(30)27(23)18(12)28/h5-6,10-11,13-14H,3-4,7-9,21,23H2,1-2H3,(H3,22,24,29)/t10-,13+,14+/m1/s1. The van der Waals surface area contributed by atoms with E-state index in [-0.39, 0.29) is 23.9 Å². The number of aromatic nitrogens is 2. The van der Waals surface area contributed by atoms with Crippen molar-refractivity contribution in [1.82, 2.24) is 14.6 Å². The van der Waals surface area contributed by atoms with Gasteiger partial charge in [0.15, 0.2) is 5.75 Å². The molecule has 2 amide bonds. The van der Waals surface area contributed by atoms with Gasteiger partial charge in [-0.15, -0.1) is 0 Å². The second-order valence-electron chi connectivity index (χ2n) is 8.53. The zero-order chi connectivity index (χ0) is 22.4. The van der Waals surface area contributed by atoms with Crippen molar-refractivity contribution >= 4 is 22.6 Å². The van der Waals surface area contributed by atoms with Gasteiger partial charge in [-0.2, -0.15) is 4.68 Å². The van der Waals surface area contributed by atoms with E-state index < -0.39 is 17.3 Å². The van der Waals surface area contributed by atoms with Gasteiger partial charge in [-0.05, 0) is 36.8 Å². The molecule has 2 heterocycles. The van der Waals surface area contributed by atoms with E-state index >= 15 is 0 Å². The van der Waals surface area contributed by atoms with Gasteiger partial charge < -0.3 is 32.3 Å². The number of nitrogens with zero attached hydrogens (tertiary/aromatic N) is 3. The zero-order valence-electron chi connectivity index (χ0n) is 17.7. The van der Waals surface area contributed by atoms with Crippen LogP contribution >= 0.6 is 0 Å². The Balaban J connectivity index is 1.76. The first-order chi connectivity index (χ1) is 14.7. The summed E-state index contributed by atoms with van der Waals surface area (Å²) in [6.07, 6.45) is 1.70. The molecule has 0 bridgehead atoms. The van der Waals surface area contributed by atoms with Gasteiger partial charge in [-0.3, -0.25) is 9.36 Å². The third-order valence-corrected chi connectivity index (χ3v) is 6.40. The van der Waals surface area contributed by atoms with Crippen molar-refractivity contribution in [1.29, 1.82) is 0 Å².